The van der Waals surface area contributed by atoms with Crippen LogP contribution in [0.25, 0.3) is 0 Å². The predicted octanol–water partition coefficient (Wildman–Crippen LogP) is -1.85. The number of aliphatic hydroxyl groups excluding tert-OH is 1. The Bertz CT molecular complexity index is 884. The first-order chi connectivity index (χ1) is 13.7. The average Bonchev–Trinajstić information content (AvgIpc) is 2.74. The highest BCUT2D eigenvalue weighted by atomic mass is 35.5. The number of halogens is 3. The smallest absolute Gasteiger partial charge is 0.180 e. The van der Waals surface area contributed by atoms with Crippen LogP contribution in [-0.2, 0) is 13.2 Å². The lowest BCUT2D eigenvalue weighted by atomic mass is 10.1. The number of nitrogens with zero attached hydrogens (tertiary/aromatic N) is 1. The zero-order chi connectivity index (χ0) is 19.8. The van der Waals surface area contributed by atoms with E-state index in [-0.39, 0.29) is 24.8 Å². The number of methoxy groups -OCH3 is 1. The van der Waals surface area contributed by atoms with Crippen molar-refractivity contribution in [2.24, 2.45) is 0 Å². The Morgan fingerprint density at radius 3 is 2.50 bits per heavy atom. The van der Waals surface area contributed by atoms with Crippen molar-refractivity contribution in [3.63, 3.8) is 0 Å². The van der Waals surface area contributed by atoms with Crippen LogP contribution in [0.5, 0.6) is 11.5 Å². The molecule has 162 valence electrons. The van der Waals surface area contributed by atoms with Crippen LogP contribution in [-0.4, -0.2) is 23.7 Å². The van der Waals surface area contributed by atoms with Gasteiger partial charge in [-0.1, -0.05) is 48.0 Å². The standard InChI is InChI=1S/C22H23ClN2O3.2ClH/c1-27-21-11-17(13-25-14-20(26)18-7-3-2-4-8-18)10-19(23)22(21)28-15-16-6-5-9-24-12-16;;/h2-12,20,25-26H,13-15H2,1H3;2*1H/p-2. The van der Waals surface area contributed by atoms with Crippen LogP contribution in [0.3, 0.4) is 0 Å². The maximum absolute atomic E-state index is 10.2. The van der Waals surface area contributed by atoms with Gasteiger partial charge in [-0.2, -0.15) is 0 Å². The minimum atomic E-state index is -0.569. The first-order valence-electron chi connectivity index (χ1n) is 8.99. The summed E-state index contributed by atoms with van der Waals surface area (Å²) in [6.07, 6.45) is 2.89. The minimum Gasteiger partial charge on any atom is -1.00 e. The highest BCUT2D eigenvalue weighted by Gasteiger charge is 2.13. The number of benzene rings is 2. The van der Waals surface area contributed by atoms with E-state index in [1.165, 1.54) is 0 Å². The molecule has 0 amide bonds. The van der Waals surface area contributed by atoms with Gasteiger partial charge in [0.1, 0.15) is 6.61 Å². The zero-order valence-electron chi connectivity index (χ0n) is 16.4. The number of aromatic nitrogens is 1. The van der Waals surface area contributed by atoms with Gasteiger partial charge in [0.15, 0.2) is 11.5 Å². The molecule has 1 aromatic heterocycles. The van der Waals surface area contributed by atoms with Crippen LogP contribution in [0.4, 0.5) is 0 Å². The second kappa shape index (κ2) is 13.3. The summed E-state index contributed by atoms with van der Waals surface area (Å²) in [5, 5.41) is 14.0. The third-order valence-electron chi connectivity index (χ3n) is 4.25. The first kappa shape index (κ1) is 26.0. The number of ether oxygens (including phenoxy) is 2. The van der Waals surface area contributed by atoms with Gasteiger partial charge in [-0.25, -0.2) is 0 Å². The maximum Gasteiger partial charge on any atom is 0.180 e. The molecule has 8 heteroatoms. The van der Waals surface area contributed by atoms with E-state index in [9.17, 15) is 5.11 Å². The summed E-state index contributed by atoms with van der Waals surface area (Å²) in [4.78, 5) is 4.07. The predicted molar refractivity (Wildman–Crippen MR) is 110 cm³/mol. The van der Waals surface area contributed by atoms with Gasteiger partial charge in [-0.3, -0.25) is 4.98 Å². The van der Waals surface area contributed by atoms with Gasteiger partial charge in [0.05, 0.1) is 18.2 Å². The Kier molecular flexibility index (Phi) is 11.5. The van der Waals surface area contributed by atoms with E-state index < -0.39 is 6.10 Å². The molecule has 0 bridgehead atoms. The molecular weight excluding hydrogens is 447 g/mol. The number of hydrogen-bond acceptors (Lipinski definition) is 5. The lowest BCUT2D eigenvalue weighted by Gasteiger charge is -2.16. The molecule has 0 spiro atoms. The van der Waals surface area contributed by atoms with Crippen molar-refractivity contribution in [1.29, 1.82) is 0 Å². The van der Waals surface area contributed by atoms with Crippen molar-refractivity contribution >= 4 is 11.6 Å². The van der Waals surface area contributed by atoms with Gasteiger partial charge in [0.2, 0.25) is 0 Å². The van der Waals surface area contributed by atoms with Gasteiger partial charge >= 0.3 is 0 Å². The van der Waals surface area contributed by atoms with E-state index in [1.54, 1.807) is 19.5 Å². The highest BCUT2D eigenvalue weighted by molar-refractivity contribution is 6.32. The van der Waals surface area contributed by atoms with Crippen LogP contribution in [0.2, 0.25) is 5.02 Å². The number of rotatable bonds is 9. The second-order valence-corrected chi connectivity index (χ2v) is 6.72. The summed E-state index contributed by atoms with van der Waals surface area (Å²) < 4.78 is 11.3. The molecule has 3 rings (SSSR count). The Balaban J connectivity index is 0.00000225. The Hall–Kier alpha value is -2.02. The molecule has 0 saturated carbocycles. The molecule has 5 nitrogen and oxygen atoms in total. The van der Waals surface area contributed by atoms with Crippen molar-refractivity contribution in [1.82, 2.24) is 10.3 Å². The fourth-order valence-corrected chi connectivity index (χ4v) is 3.09. The molecule has 2 aromatic carbocycles. The summed E-state index contributed by atoms with van der Waals surface area (Å²) in [7, 11) is 1.58. The van der Waals surface area contributed by atoms with E-state index in [0.29, 0.717) is 36.2 Å². The fourth-order valence-electron chi connectivity index (χ4n) is 2.80. The molecule has 1 unspecified atom stereocenters. The van der Waals surface area contributed by atoms with Crippen LogP contribution in [0.15, 0.2) is 67.0 Å². The van der Waals surface area contributed by atoms with Crippen molar-refractivity contribution in [3.05, 3.63) is 88.7 Å². The molecule has 0 saturated heterocycles. The molecule has 2 N–H and O–H groups in total. The SMILES string of the molecule is COc1cc(CNCC(O)c2ccccc2)cc(Cl)c1OCc1cccnc1.[Cl-].[Cl-]. The quantitative estimate of drug-likeness (QED) is 0.385. The molecule has 0 aliphatic heterocycles. The maximum atomic E-state index is 10.2. The summed E-state index contributed by atoms with van der Waals surface area (Å²) >= 11 is 6.42. The van der Waals surface area contributed by atoms with Gasteiger partial charge in [-0.05, 0) is 29.3 Å². The summed E-state index contributed by atoms with van der Waals surface area (Å²) in [6.45, 7) is 1.33. The summed E-state index contributed by atoms with van der Waals surface area (Å²) in [6, 6.07) is 17.1. The number of nitrogens with one attached hydrogen (secondary N) is 1. The largest absolute Gasteiger partial charge is 1.00 e. The molecule has 0 aliphatic rings. The lowest BCUT2D eigenvalue weighted by molar-refractivity contribution is -0.001000. The molecular formula is C22H23Cl3N2O3-2. The Labute approximate surface area is 194 Å². The Morgan fingerprint density at radius 2 is 1.83 bits per heavy atom. The molecule has 0 aliphatic carbocycles. The normalized spacial score (nSPS) is 11.0. The molecule has 1 atom stereocenters. The van der Waals surface area contributed by atoms with Crippen LogP contribution in [0.1, 0.15) is 22.8 Å². The second-order valence-electron chi connectivity index (χ2n) is 6.32. The molecule has 0 radical (unpaired) electrons. The monoisotopic (exact) mass is 468 g/mol. The van der Waals surface area contributed by atoms with Crippen molar-refractivity contribution < 1.29 is 39.4 Å². The zero-order valence-corrected chi connectivity index (χ0v) is 18.7. The highest BCUT2D eigenvalue weighted by Crippen LogP contribution is 2.37. The van der Waals surface area contributed by atoms with Gasteiger partial charge < -0.3 is 44.7 Å². The fraction of sp³-hybridized carbons (Fsp3) is 0.227. The lowest BCUT2D eigenvalue weighted by Crippen LogP contribution is -3.00. The van der Waals surface area contributed by atoms with Gasteiger partial charge in [0.25, 0.3) is 0 Å². The third-order valence-corrected chi connectivity index (χ3v) is 4.53. The van der Waals surface area contributed by atoms with Crippen molar-refractivity contribution in [2.45, 2.75) is 19.3 Å². The van der Waals surface area contributed by atoms with Crippen molar-refractivity contribution in [2.75, 3.05) is 13.7 Å². The van der Waals surface area contributed by atoms with Crippen LogP contribution in [0, 0.1) is 0 Å². The van der Waals surface area contributed by atoms with Crippen LogP contribution < -0.4 is 39.6 Å². The molecule has 1 heterocycles. The Morgan fingerprint density at radius 1 is 1.07 bits per heavy atom. The topological polar surface area (TPSA) is 63.6 Å². The molecule has 0 fully saturated rings. The van der Waals surface area contributed by atoms with Crippen LogP contribution >= 0.6 is 11.6 Å². The summed E-state index contributed by atoms with van der Waals surface area (Å²) in [5.41, 5.74) is 2.77. The van der Waals surface area contributed by atoms with Gasteiger partial charge in [0, 0.05) is 31.0 Å². The van der Waals surface area contributed by atoms with Crippen molar-refractivity contribution in [3.8, 4) is 11.5 Å². The van der Waals surface area contributed by atoms with E-state index in [1.807, 2.05) is 54.6 Å². The van der Waals surface area contributed by atoms with E-state index >= 15 is 0 Å². The number of hydrogen-bond donors (Lipinski definition) is 2. The minimum absolute atomic E-state index is 0. The van der Waals surface area contributed by atoms with Gasteiger partial charge in [-0.15, -0.1) is 0 Å². The van der Waals surface area contributed by atoms with E-state index in [0.717, 1.165) is 16.7 Å². The van der Waals surface area contributed by atoms with E-state index in [2.05, 4.69) is 10.3 Å². The van der Waals surface area contributed by atoms with E-state index in [4.69, 9.17) is 21.1 Å². The third kappa shape index (κ3) is 7.35. The average molecular weight is 470 g/mol. The number of pyridine rings is 1. The molecule has 30 heavy (non-hydrogen) atoms. The first-order valence-corrected chi connectivity index (χ1v) is 9.37. The molecule has 3 aromatic rings. The number of aliphatic hydroxyl groups is 1. The summed E-state index contributed by atoms with van der Waals surface area (Å²) in [5.74, 6) is 1.07.